The number of carbonyl (C=O) groups excluding carboxylic acids is 1. The molecule has 0 spiro atoms. The maximum atomic E-state index is 13.2. The van der Waals surface area contributed by atoms with Gasteiger partial charge in [0.2, 0.25) is 0 Å². The highest BCUT2D eigenvalue weighted by Crippen LogP contribution is 2.20. The maximum absolute atomic E-state index is 13.2. The van der Waals surface area contributed by atoms with Crippen molar-refractivity contribution in [3.63, 3.8) is 0 Å². The second-order valence-electron chi connectivity index (χ2n) is 7.16. The van der Waals surface area contributed by atoms with Gasteiger partial charge < -0.3 is 9.64 Å². The largest absolute Gasteiger partial charge is 0.484 e. The van der Waals surface area contributed by atoms with Gasteiger partial charge in [-0.1, -0.05) is 12.1 Å². The second kappa shape index (κ2) is 8.65. The monoisotopic (exact) mass is 392 g/mol. The first-order valence-electron chi connectivity index (χ1n) is 9.19. The van der Waals surface area contributed by atoms with Crippen molar-refractivity contribution in [1.82, 2.24) is 9.80 Å². The first kappa shape index (κ1) is 20.2. The summed E-state index contributed by atoms with van der Waals surface area (Å²) in [4.78, 5) is 16.5. The molecule has 0 aromatic heterocycles. The van der Waals surface area contributed by atoms with E-state index in [1.54, 1.807) is 17.0 Å². The normalized spacial score (nSPS) is 20.2. The van der Waals surface area contributed by atoms with Crippen molar-refractivity contribution in [2.24, 2.45) is 0 Å². The number of halogens is 3. The molecular weight excluding hydrogens is 369 g/mol. The molecule has 3 rings (SSSR count). The Morgan fingerprint density at radius 1 is 1.00 bits per heavy atom. The van der Waals surface area contributed by atoms with E-state index in [-0.39, 0.29) is 36.2 Å². The Balaban J connectivity index is 1.56. The van der Waals surface area contributed by atoms with Gasteiger partial charge in [-0.05, 0) is 43.7 Å². The predicted molar refractivity (Wildman–Crippen MR) is 99.3 cm³/mol. The maximum Gasteiger partial charge on any atom is 0.260 e. The molecule has 0 saturated carbocycles. The molecule has 0 N–H and O–H groups in total. The average molecular weight is 392 g/mol. The van der Waals surface area contributed by atoms with Crippen LogP contribution in [-0.4, -0.2) is 47.5 Å². The molecule has 0 aliphatic carbocycles. The summed E-state index contributed by atoms with van der Waals surface area (Å²) in [6, 6.07) is 9.69. The van der Waals surface area contributed by atoms with Gasteiger partial charge in [-0.3, -0.25) is 9.69 Å². The van der Waals surface area contributed by atoms with Gasteiger partial charge in [0.1, 0.15) is 11.6 Å². The Morgan fingerprint density at radius 2 is 1.71 bits per heavy atom. The fourth-order valence-corrected chi connectivity index (χ4v) is 3.38. The Labute approximate surface area is 162 Å². The van der Waals surface area contributed by atoms with Gasteiger partial charge in [-0.2, -0.15) is 0 Å². The summed E-state index contributed by atoms with van der Waals surface area (Å²) in [5, 5.41) is 0. The van der Waals surface area contributed by atoms with Crippen molar-refractivity contribution in [2.45, 2.75) is 32.5 Å². The van der Waals surface area contributed by atoms with Crippen LogP contribution in [0.25, 0.3) is 0 Å². The number of benzene rings is 2. The lowest BCUT2D eigenvalue weighted by molar-refractivity contribution is -0.139. The van der Waals surface area contributed by atoms with Crippen LogP contribution in [0.2, 0.25) is 0 Å². The van der Waals surface area contributed by atoms with E-state index in [9.17, 15) is 18.0 Å². The fourth-order valence-electron chi connectivity index (χ4n) is 3.38. The van der Waals surface area contributed by atoms with E-state index in [4.69, 9.17) is 4.74 Å². The minimum Gasteiger partial charge on any atom is -0.484 e. The molecule has 2 unspecified atom stereocenters. The van der Waals surface area contributed by atoms with Crippen molar-refractivity contribution in [2.75, 3.05) is 19.7 Å². The smallest absolute Gasteiger partial charge is 0.260 e. The zero-order chi connectivity index (χ0) is 20.3. The van der Waals surface area contributed by atoms with Crippen LogP contribution in [0.4, 0.5) is 13.2 Å². The Morgan fingerprint density at radius 3 is 2.39 bits per heavy atom. The van der Waals surface area contributed by atoms with Crippen molar-refractivity contribution in [3.05, 3.63) is 65.5 Å². The summed E-state index contributed by atoms with van der Waals surface area (Å²) >= 11 is 0. The van der Waals surface area contributed by atoms with Crippen LogP contribution in [0.1, 0.15) is 19.4 Å². The molecule has 2 atom stereocenters. The van der Waals surface area contributed by atoms with Gasteiger partial charge in [0.15, 0.2) is 18.2 Å². The van der Waals surface area contributed by atoms with Gasteiger partial charge in [0.05, 0.1) is 0 Å². The zero-order valence-electron chi connectivity index (χ0n) is 15.9. The van der Waals surface area contributed by atoms with Crippen LogP contribution < -0.4 is 4.74 Å². The lowest BCUT2D eigenvalue weighted by atomic mass is 10.1. The van der Waals surface area contributed by atoms with Crippen LogP contribution >= 0.6 is 0 Å². The Kier molecular flexibility index (Phi) is 6.24. The molecule has 7 heteroatoms. The predicted octanol–water partition coefficient (Wildman–Crippen LogP) is 3.60. The molecule has 1 amide bonds. The molecule has 4 nitrogen and oxygen atoms in total. The minimum atomic E-state index is -1.01. The molecular formula is C21H23F3N2O2. The molecule has 2 aromatic rings. The number of amides is 1. The first-order valence-corrected chi connectivity index (χ1v) is 9.19. The first-order chi connectivity index (χ1) is 13.3. The van der Waals surface area contributed by atoms with E-state index in [1.807, 2.05) is 13.8 Å². The molecule has 1 heterocycles. The van der Waals surface area contributed by atoms with E-state index >= 15 is 0 Å². The number of hydrogen-bond acceptors (Lipinski definition) is 3. The summed E-state index contributed by atoms with van der Waals surface area (Å²) in [5.74, 6) is -2.32. The van der Waals surface area contributed by atoms with Gasteiger partial charge >= 0.3 is 0 Å². The number of piperazine rings is 1. The topological polar surface area (TPSA) is 32.8 Å². The molecule has 150 valence electrons. The highest BCUT2D eigenvalue weighted by molar-refractivity contribution is 5.78. The summed E-state index contributed by atoms with van der Waals surface area (Å²) in [7, 11) is 0. The van der Waals surface area contributed by atoms with Crippen molar-refractivity contribution >= 4 is 5.91 Å². The number of ether oxygens (including phenoxy) is 1. The van der Waals surface area contributed by atoms with E-state index in [0.717, 1.165) is 17.7 Å². The SMILES string of the molecule is CC1CN(C(=O)COc2ccc(F)c(F)c2)C(C)CN1Cc1ccc(F)cc1. The molecule has 2 aromatic carbocycles. The molecule has 1 saturated heterocycles. The van der Waals surface area contributed by atoms with Crippen LogP contribution in [0.5, 0.6) is 5.75 Å². The van der Waals surface area contributed by atoms with Gasteiger partial charge in [0.25, 0.3) is 5.91 Å². The Hall–Kier alpha value is -2.54. The number of nitrogens with zero attached hydrogens (tertiary/aromatic N) is 2. The zero-order valence-corrected chi connectivity index (χ0v) is 15.9. The van der Waals surface area contributed by atoms with Gasteiger partial charge in [-0.15, -0.1) is 0 Å². The van der Waals surface area contributed by atoms with E-state index in [0.29, 0.717) is 19.6 Å². The molecule has 1 aliphatic rings. The third-order valence-electron chi connectivity index (χ3n) is 4.99. The van der Waals surface area contributed by atoms with Gasteiger partial charge in [0, 0.05) is 37.8 Å². The van der Waals surface area contributed by atoms with E-state index in [1.165, 1.54) is 18.2 Å². The van der Waals surface area contributed by atoms with Crippen LogP contribution in [0.3, 0.4) is 0 Å². The number of hydrogen-bond donors (Lipinski definition) is 0. The molecule has 1 aliphatic heterocycles. The average Bonchev–Trinajstić information content (AvgIpc) is 2.67. The molecule has 0 bridgehead atoms. The minimum absolute atomic E-state index is 0.0299. The third kappa shape index (κ3) is 4.84. The van der Waals surface area contributed by atoms with Crippen molar-refractivity contribution < 1.29 is 22.7 Å². The summed E-state index contributed by atoms with van der Waals surface area (Å²) in [6.07, 6.45) is 0. The van der Waals surface area contributed by atoms with Crippen molar-refractivity contribution in [3.8, 4) is 5.75 Å². The quantitative estimate of drug-likeness (QED) is 0.780. The third-order valence-corrected chi connectivity index (χ3v) is 4.99. The highest BCUT2D eigenvalue weighted by atomic mass is 19.2. The number of carbonyl (C=O) groups is 1. The lowest BCUT2D eigenvalue weighted by Gasteiger charge is -2.44. The van der Waals surface area contributed by atoms with Crippen molar-refractivity contribution in [1.29, 1.82) is 0 Å². The standard InChI is InChI=1S/C21H23F3N2O2/c1-14-11-26(21(27)13-28-18-7-8-19(23)20(24)9-18)15(2)10-25(14)12-16-3-5-17(22)6-4-16/h3-9,14-15H,10-13H2,1-2H3. The van der Waals surface area contributed by atoms with E-state index < -0.39 is 11.6 Å². The summed E-state index contributed by atoms with van der Waals surface area (Å²) in [5.41, 5.74) is 1.02. The second-order valence-corrected chi connectivity index (χ2v) is 7.16. The van der Waals surface area contributed by atoms with Crippen LogP contribution in [-0.2, 0) is 11.3 Å². The molecule has 28 heavy (non-hydrogen) atoms. The summed E-state index contributed by atoms with van der Waals surface area (Å²) in [6.45, 7) is 5.64. The van der Waals surface area contributed by atoms with Crippen LogP contribution in [0.15, 0.2) is 42.5 Å². The lowest BCUT2D eigenvalue weighted by Crippen LogP contribution is -2.58. The van der Waals surface area contributed by atoms with E-state index in [2.05, 4.69) is 4.90 Å². The van der Waals surface area contributed by atoms with Gasteiger partial charge in [-0.25, -0.2) is 13.2 Å². The fraction of sp³-hybridized carbons (Fsp3) is 0.381. The molecule has 1 fully saturated rings. The molecule has 0 radical (unpaired) electrons. The number of rotatable bonds is 5. The van der Waals surface area contributed by atoms with Crippen LogP contribution in [0, 0.1) is 17.5 Å². The highest BCUT2D eigenvalue weighted by Gasteiger charge is 2.32. The Bertz CT molecular complexity index is 829. The summed E-state index contributed by atoms with van der Waals surface area (Å²) < 4.78 is 44.6.